The zero-order chi connectivity index (χ0) is 17.8. The molecule has 25 heavy (non-hydrogen) atoms. The lowest BCUT2D eigenvalue weighted by molar-refractivity contribution is -0.144. The summed E-state index contributed by atoms with van der Waals surface area (Å²) in [6.07, 6.45) is -0.154. The van der Waals surface area contributed by atoms with Gasteiger partial charge in [0.1, 0.15) is 11.5 Å². The van der Waals surface area contributed by atoms with Gasteiger partial charge in [-0.1, -0.05) is 24.3 Å². The molecule has 132 valence electrons. The summed E-state index contributed by atoms with van der Waals surface area (Å²) in [5.41, 5.74) is 3.13. The van der Waals surface area contributed by atoms with E-state index in [-0.39, 0.29) is 24.4 Å². The number of hydrogen-bond acceptors (Lipinski definition) is 5. The van der Waals surface area contributed by atoms with Crippen molar-refractivity contribution in [2.75, 3.05) is 21.3 Å². The van der Waals surface area contributed by atoms with Crippen molar-refractivity contribution >= 4 is 5.97 Å². The van der Waals surface area contributed by atoms with Gasteiger partial charge in [-0.3, -0.25) is 4.79 Å². The van der Waals surface area contributed by atoms with E-state index in [0.29, 0.717) is 6.61 Å². The highest BCUT2D eigenvalue weighted by Gasteiger charge is 2.36. The summed E-state index contributed by atoms with van der Waals surface area (Å²) in [4.78, 5) is 11.9. The van der Waals surface area contributed by atoms with Crippen molar-refractivity contribution in [3.05, 3.63) is 59.2 Å². The van der Waals surface area contributed by atoms with E-state index in [1.54, 1.807) is 14.2 Å². The maximum atomic E-state index is 11.9. The second kappa shape index (κ2) is 7.57. The first kappa shape index (κ1) is 17.3. The highest BCUT2D eigenvalue weighted by molar-refractivity contribution is 5.70. The number of carbonyl (C=O) groups is 1. The minimum absolute atomic E-state index is 0.144. The molecule has 0 amide bonds. The molecule has 0 saturated heterocycles. The number of rotatable bonds is 5. The summed E-state index contributed by atoms with van der Waals surface area (Å²) in [6, 6.07) is 13.7. The Kier molecular flexibility index (Phi) is 5.24. The minimum Gasteiger partial charge on any atom is -0.497 e. The highest BCUT2D eigenvalue weighted by atomic mass is 16.5. The van der Waals surface area contributed by atoms with Crippen LogP contribution in [0.4, 0.5) is 0 Å². The summed E-state index contributed by atoms with van der Waals surface area (Å²) in [5.74, 6) is 1.12. The van der Waals surface area contributed by atoms with E-state index in [9.17, 15) is 4.79 Å². The molecule has 0 saturated carbocycles. The van der Waals surface area contributed by atoms with E-state index >= 15 is 0 Å². The van der Waals surface area contributed by atoms with Crippen molar-refractivity contribution in [1.29, 1.82) is 0 Å². The van der Waals surface area contributed by atoms with Gasteiger partial charge in [0.2, 0.25) is 0 Å². The molecular formula is C20H22O5. The Bertz CT molecular complexity index is 741. The van der Waals surface area contributed by atoms with Gasteiger partial charge in [0, 0.05) is 11.5 Å². The maximum Gasteiger partial charge on any atom is 0.308 e. The lowest BCUT2D eigenvalue weighted by Gasteiger charge is -2.34. The van der Waals surface area contributed by atoms with Crippen molar-refractivity contribution in [2.45, 2.75) is 25.0 Å². The zero-order valence-electron chi connectivity index (χ0n) is 14.7. The first-order valence-corrected chi connectivity index (χ1v) is 8.16. The summed E-state index contributed by atoms with van der Waals surface area (Å²) in [5, 5.41) is 0. The average Bonchev–Trinajstić information content (AvgIpc) is 2.67. The highest BCUT2D eigenvalue weighted by Crippen LogP contribution is 2.43. The molecule has 2 aromatic rings. The van der Waals surface area contributed by atoms with Crippen LogP contribution >= 0.6 is 0 Å². The second-order valence-electron chi connectivity index (χ2n) is 5.92. The predicted octanol–water partition coefficient (Wildman–Crippen LogP) is 3.30. The molecule has 0 aliphatic carbocycles. The molecule has 2 atom stereocenters. The number of carbonyl (C=O) groups excluding carboxylic acids is 1. The van der Waals surface area contributed by atoms with Gasteiger partial charge in [0.15, 0.2) is 0 Å². The van der Waals surface area contributed by atoms with E-state index in [4.69, 9.17) is 18.9 Å². The van der Waals surface area contributed by atoms with Crippen molar-refractivity contribution in [2.24, 2.45) is 0 Å². The largest absolute Gasteiger partial charge is 0.497 e. The molecule has 0 spiro atoms. The molecule has 5 nitrogen and oxygen atoms in total. The Morgan fingerprint density at radius 1 is 1.12 bits per heavy atom. The Hall–Kier alpha value is -2.53. The van der Waals surface area contributed by atoms with Gasteiger partial charge >= 0.3 is 5.97 Å². The zero-order valence-corrected chi connectivity index (χ0v) is 14.7. The van der Waals surface area contributed by atoms with Gasteiger partial charge < -0.3 is 18.9 Å². The smallest absolute Gasteiger partial charge is 0.308 e. The van der Waals surface area contributed by atoms with Gasteiger partial charge in [0.05, 0.1) is 40.5 Å². The van der Waals surface area contributed by atoms with Crippen LogP contribution in [-0.2, 0) is 20.9 Å². The van der Waals surface area contributed by atoms with Crippen molar-refractivity contribution in [3.63, 3.8) is 0 Å². The lowest BCUT2D eigenvalue weighted by Crippen LogP contribution is -2.31. The van der Waals surface area contributed by atoms with Crippen LogP contribution in [-0.4, -0.2) is 33.4 Å². The van der Waals surface area contributed by atoms with E-state index < -0.39 is 0 Å². The molecule has 1 aliphatic rings. The predicted molar refractivity (Wildman–Crippen MR) is 93.0 cm³/mol. The van der Waals surface area contributed by atoms with Crippen LogP contribution in [0.15, 0.2) is 42.5 Å². The molecule has 0 bridgehead atoms. The fraction of sp³-hybridized carbons (Fsp3) is 0.350. The topological polar surface area (TPSA) is 54.0 Å². The van der Waals surface area contributed by atoms with Crippen LogP contribution in [0.2, 0.25) is 0 Å². The van der Waals surface area contributed by atoms with Gasteiger partial charge in [-0.15, -0.1) is 0 Å². The molecule has 1 heterocycles. The van der Waals surface area contributed by atoms with Crippen molar-refractivity contribution < 1.29 is 23.7 Å². The summed E-state index contributed by atoms with van der Waals surface area (Å²) < 4.78 is 21.8. The molecule has 0 radical (unpaired) electrons. The third-order valence-electron chi connectivity index (χ3n) is 4.56. The third kappa shape index (κ3) is 3.46. The first-order chi connectivity index (χ1) is 12.2. The fourth-order valence-corrected chi connectivity index (χ4v) is 3.37. The number of ether oxygens (including phenoxy) is 4. The molecule has 0 fully saturated rings. The lowest BCUT2D eigenvalue weighted by atomic mass is 9.80. The Balaban J connectivity index is 2.11. The third-order valence-corrected chi connectivity index (χ3v) is 4.56. The molecule has 0 unspecified atom stereocenters. The Labute approximate surface area is 147 Å². The summed E-state index contributed by atoms with van der Waals surface area (Å²) in [6.45, 7) is 0.439. The molecular weight excluding hydrogens is 320 g/mol. The van der Waals surface area contributed by atoms with Gasteiger partial charge in [0.25, 0.3) is 0 Å². The van der Waals surface area contributed by atoms with E-state index in [1.807, 2.05) is 42.5 Å². The van der Waals surface area contributed by atoms with Crippen LogP contribution in [0, 0.1) is 0 Å². The Morgan fingerprint density at radius 3 is 2.64 bits per heavy atom. The van der Waals surface area contributed by atoms with E-state index in [1.165, 1.54) is 7.11 Å². The number of methoxy groups -OCH3 is 3. The van der Waals surface area contributed by atoms with Crippen LogP contribution in [0.1, 0.15) is 29.0 Å². The van der Waals surface area contributed by atoms with Crippen LogP contribution < -0.4 is 9.47 Å². The molecule has 0 N–H and O–H groups in total. The number of hydrogen-bond donors (Lipinski definition) is 0. The van der Waals surface area contributed by atoms with Crippen LogP contribution in [0.5, 0.6) is 11.5 Å². The molecule has 0 aromatic heterocycles. The number of esters is 1. The second-order valence-corrected chi connectivity index (χ2v) is 5.92. The summed E-state index contributed by atoms with van der Waals surface area (Å²) >= 11 is 0. The van der Waals surface area contributed by atoms with E-state index in [2.05, 4.69) is 0 Å². The Morgan fingerprint density at radius 2 is 1.92 bits per heavy atom. The normalized spacial score (nSPS) is 19.0. The summed E-state index contributed by atoms with van der Waals surface area (Å²) in [7, 11) is 4.68. The molecule has 3 rings (SSSR count). The maximum absolute atomic E-state index is 11.9. The van der Waals surface area contributed by atoms with Crippen LogP contribution in [0.25, 0.3) is 0 Å². The SMILES string of the molecule is COC(=O)C[C@H]1OCc2cccc(OC)c2[C@@H]1c1cccc(OC)c1. The molecule has 2 aromatic carbocycles. The number of benzene rings is 2. The molecule has 5 heteroatoms. The quantitative estimate of drug-likeness (QED) is 0.781. The van der Waals surface area contributed by atoms with E-state index in [0.717, 1.165) is 28.2 Å². The molecule has 1 aliphatic heterocycles. The van der Waals surface area contributed by atoms with Crippen molar-refractivity contribution in [3.8, 4) is 11.5 Å². The monoisotopic (exact) mass is 342 g/mol. The van der Waals surface area contributed by atoms with Gasteiger partial charge in [-0.2, -0.15) is 0 Å². The van der Waals surface area contributed by atoms with Crippen LogP contribution in [0.3, 0.4) is 0 Å². The number of fused-ring (bicyclic) bond motifs is 1. The van der Waals surface area contributed by atoms with Crippen molar-refractivity contribution in [1.82, 2.24) is 0 Å². The van der Waals surface area contributed by atoms with Gasteiger partial charge in [-0.05, 0) is 29.3 Å². The fourth-order valence-electron chi connectivity index (χ4n) is 3.37. The first-order valence-electron chi connectivity index (χ1n) is 8.16. The average molecular weight is 342 g/mol. The standard InChI is InChI=1S/C20H22O5/c1-22-15-8-4-6-13(10-15)19-17(11-18(21)24-3)25-12-14-7-5-9-16(23-2)20(14)19/h4-10,17,19H,11-12H2,1-3H3/t17-,19-/m1/s1. The minimum atomic E-state index is -0.330. The van der Waals surface area contributed by atoms with Gasteiger partial charge in [-0.25, -0.2) is 0 Å².